The number of esters is 1. The average Bonchev–Trinajstić information content (AvgIpc) is 2.27. The normalized spacial score (nSPS) is 11.1. The molecular formula is C12H24NO2+. The van der Waals surface area contributed by atoms with Gasteiger partial charge in [-0.3, -0.25) is 0 Å². The lowest BCUT2D eigenvalue weighted by atomic mass is 10.2. The van der Waals surface area contributed by atoms with E-state index in [2.05, 4.69) is 27.5 Å². The number of nitrogens with zero attached hydrogens (tertiary/aromatic N) is 1. The zero-order valence-electron chi connectivity index (χ0n) is 10.3. The Morgan fingerprint density at radius 3 is 2.40 bits per heavy atom. The summed E-state index contributed by atoms with van der Waals surface area (Å²) in [7, 11) is 2.26. The molecular weight excluding hydrogens is 190 g/mol. The van der Waals surface area contributed by atoms with E-state index in [-0.39, 0.29) is 5.97 Å². The molecule has 88 valence electrons. The summed E-state index contributed by atoms with van der Waals surface area (Å²) in [4.78, 5) is 10.7. The Bertz CT molecular complexity index is 198. The zero-order valence-corrected chi connectivity index (χ0v) is 10.3. The lowest BCUT2D eigenvalue weighted by Gasteiger charge is -2.32. The van der Waals surface area contributed by atoms with Gasteiger partial charge in [-0.1, -0.05) is 6.58 Å². The van der Waals surface area contributed by atoms with E-state index < -0.39 is 0 Å². The Morgan fingerprint density at radius 2 is 1.93 bits per heavy atom. The molecule has 3 heteroatoms. The average molecular weight is 214 g/mol. The maximum atomic E-state index is 10.7. The maximum Gasteiger partial charge on any atom is 0.330 e. The third-order valence-corrected chi connectivity index (χ3v) is 3.03. The van der Waals surface area contributed by atoms with Crippen LogP contribution in [0.15, 0.2) is 12.7 Å². The number of ether oxygens (including phenoxy) is 1. The SMILES string of the molecule is C=CC(=O)OCCCC[N+](C)(CC)CC. The van der Waals surface area contributed by atoms with Gasteiger partial charge in [0.1, 0.15) is 0 Å². The van der Waals surface area contributed by atoms with Crippen LogP contribution in [0.25, 0.3) is 0 Å². The van der Waals surface area contributed by atoms with Gasteiger partial charge in [-0.25, -0.2) is 4.79 Å². The number of hydrogen-bond acceptors (Lipinski definition) is 2. The molecule has 0 heterocycles. The van der Waals surface area contributed by atoms with Crippen molar-refractivity contribution in [3.05, 3.63) is 12.7 Å². The molecule has 0 aliphatic rings. The summed E-state index contributed by atoms with van der Waals surface area (Å²) < 4.78 is 6.00. The molecule has 0 aliphatic carbocycles. The van der Waals surface area contributed by atoms with Crippen LogP contribution in [0.5, 0.6) is 0 Å². The van der Waals surface area contributed by atoms with Crippen molar-refractivity contribution in [1.82, 2.24) is 0 Å². The standard InChI is InChI=1S/C12H24NO2/c1-5-12(14)15-11-9-8-10-13(4,6-2)7-3/h5H,1,6-11H2,2-4H3/q+1. The van der Waals surface area contributed by atoms with E-state index in [1.54, 1.807) is 0 Å². The fourth-order valence-corrected chi connectivity index (χ4v) is 1.37. The van der Waals surface area contributed by atoms with Crippen LogP contribution in [0.2, 0.25) is 0 Å². The first kappa shape index (κ1) is 14.2. The van der Waals surface area contributed by atoms with Gasteiger partial charge in [-0.05, 0) is 26.7 Å². The lowest BCUT2D eigenvalue weighted by molar-refractivity contribution is -0.906. The van der Waals surface area contributed by atoms with E-state index in [4.69, 9.17) is 4.74 Å². The first-order valence-corrected chi connectivity index (χ1v) is 5.70. The van der Waals surface area contributed by atoms with Gasteiger partial charge in [0.2, 0.25) is 0 Å². The number of carbonyl (C=O) groups is 1. The highest BCUT2D eigenvalue weighted by molar-refractivity contribution is 5.81. The summed E-state index contributed by atoms with van der Waals surface area (Å²) in [5, 5.41) is 0. The Hall–Kier alpha value is -0.830. The van der Waals surface area contributed by atoms with Crippen LogP contribution in [0.3, 0.4) is 0 Å². The van der Waals surface area contributed by atoms with E-state index in [9.17, 15) is 4.79 Å². The van der Waals surface area contributed by atoms with Crippen molar-refractivity contribution >= 4 is 5.97 Å². The molecule has 3 nitrogen and oxygen atoms in total. The van der Waals surface area contributed by atoms with Crippen molar-refractivity contribution in [1.29, 1.82) is 0 Å². The summed E-state index contributed by atoms with van der Waals surface area (Å²) in [6.07, 6.45) is 3.24. The molecule has 0 amide bonds. The minimum atomic E-state index is -0.321. The predicted octanol–water partition coefficient (Wildman–Crippen LogP) is 1.98. The van der Waals surface area contributed by atoms with Gasteiger partial charge in [-0.15, -0.1) is 0 Å². The molecule has 0 N–H and O–H groups in total. The second kappa shape index (κ2) is 7.46. The summed E-state index contributed by atoms with van der Waals surface area (Å²) in [6.45, 7) is 11.7. The molecule has 15 heavy (non-hydrogen) atoms. The Labute approximate surface area is 93.3 Å². The van der Waals surface area contributed by atoms with Gasteiger partial charge in [0.25, 0.3) is 0 Å². The van der Waals surface area contributed by atoms with Gasteiger partial charge in [-0.2, -0.15) is 0 Å². The fraction of sp³-hybridized carbons (Fsp3) is 0.750. The number of quaternary nitrogens is 1. The number of rotatable bonds is 8. The van der Waals surface area contributed by atoms with Gasteiger partial charge >= 0.3 is 5.97 Å². The van der Waals surface area contributed by atoms with Crippen LogP contribution in [0.1, 0.15) is 26.7 Å². The van der Waals surface area contributed by atoms with E-state index in [0.29, 0.717) is 6.61 Å². The topological polar surface area (TPSA) is 26.3 Å². The predicted molar refractivity (Wildman–Crippen MR) is 62.5 cm³/mol. The summed E-state index contributed by atoms with van der Waals surface area (Å²) in [6, 6.07) is 0. The first-order valence-electron chi connectivity index (χ1n) is 5.70. The highest BCUT2D eigenvalue weighted by atomic mass is 16.5. The lowest BCUT2D eigenvalue weighted by Crippen LogP contribution is -2.44. The molecule has 0 saturated carbocycles. The Kier molecular flexibility index (Phi) is 7.05. The molecule has 0 aromatic carbocycles. The number of unbranched alkanes of at least 4 members (excludes halogenated alkanes) is 1. The van der Waals surface area contributed by atoms with E-state index in [1.165, 1.54) is 6.08 Å². The molecule has 0 aromatic heterocycles. The molecule has 0 rings (SSSR count). The summed E-state index contributed by atoms with van der Waals surface area (Å²) >= 11 is 0. The highest BCUT2D eigenvalue weighted by Gasteiger charge is 2.14. The van der Waals surface area contributed by atoms with Crippen molar-refractivity contribution in [3.8, 4) is 0 Å². The maximum absolute atomic E-state index is 10.7. The molecule has 0 radical (unpaired) electrons. The quantitative estimate of drug-likeness (QED) is 0.267. The minimum Gasteiger partial charge on any atom is -0.463 e. The van der Waals surface area contributed by atoms with Crippen LogP contribution in [-0.4, -0.2) is 43.7 Å². The van der Waals surface area contributed by atoms with Crippen molar-refractivity contribution in [2.24, 2.45) is 0 Å². The molecule has 0 atom stereocenters. The molecule has 0 saturated heterocycles. The third-order valence-electron chi connectivity index (χ3n) is 3.03. The van der Waals surface area contributed by atoms with Gasteiger partial charge < -0.3 is 9.22 Å². The molecule has 0 spiro atoms. The number of hydrogen-bond donors (Lipinski definition) is 0. The second-order valence-corrected chi connectivity index (χ2v) is 4.05. The van der Waals surface area contributed by atoms with Crippen molar-refractivity contribution in [2.75, 3.05) is 33.3 Å². The van der Waals surface area contributed by atoms with Crippen LogP contribution in [-0.2, 0) is 9.53 Å². The third kappa shape index (κ3) is 6.28. The van der Waals surface area contributed by atoms with Crippen LogP contribution < -0.4 is 0 Å². The highest BCUT2D eigenvalue weighted by Crippen LogP contribution is 2.04. The second-order valence-electron chi connectivity index (χ2n) is 4.05. The van der Waals surface area contributed by atoms with Crippen molar-refractivity contribution in [2.45, 2.75) is 26.7 Å². The molecule has 0 aromatic rings. The van der Waals surface area contributed by atoms with Gasteiger partial charge in [0, 0.05) is 6.08 Å². The van der Waals surface area contributed by atoms with Crippen LogP contribution in [0.4, 0.5) is 0 Å². The summed E-state index contributed by atoms with van der Waals surface area (Å²) in [5.74, 6) is -0.321. The molecule has 0 bridgehead atoms. The molecule has 0 aliphatic heterocycles. The van der Waals surface area contributed by atoms with Crippen LogP contribution in [0, 0.1) is 0 Å². The van der Waals surface area contributed by atoms with Gasteiger partial charge in [0.05, 0.1) is 33.3 Å². The first-order chi connectivity index (χ1) is 7.08. The zero-order chi connectivity index (χ0) is 11.7. The molecule has 0 fully saturated rings. The minimum absolute atomic E-state index is 0.321. The number of carbonyl (C=O) groups excluding carboxylic acids is 1. The molecule has 0 unspecified atom stereocenters. The van der Waals surface area contributed by atoms with Crippen molar-refractivity contribution in [3.63, 3.8) is 0 Å². The van der Waals surface area contributed by atoms with E-state index in [0.717, 1.165) is 37.0 Å². The van der Waals surface area contributed by atoms with Crippen molar-refractivity contribution < 1.29 is 14.0 Å². The smallest absolute Gasteiger partial charge is 0.330 e. The fourth-order valence-electron chi connectivity index (χ4n) is 1.37. The Morgan fingerprint density at radius 1 is 1.33 bits per heavy atom. The van der Waals surface area contributed by atoms with Gasteiger partial charge in [0.15, 0.2) is 0 Å². The Balaban J connectivity index is 3.53. The van der Waals surface area contributed by atoms with Crippen LogP contribution >= 0.6 is 0 Å². The van der Waals surface area contributed by atoms with E-state index >= 15 is 0 Å². The largest absolute Gasteiger partial charge is 0.463 e. The monoisotopic (exact) mass is 214 g/mol. The summed E-state index contributed by atoms with van der Waals surface area (Å²) in [5.41, 5.74) is 0. The van der Waals surface area contributed by atoms with E-state index in [1.807, 2.05) is 0 Å².